The number of morpholine rings is 1. The molecule has 0 saturated carbocycles. The Labute approximate surface area is 134 Å². The fourth-order valence-electron chi connectivity index (χ4n) is 3.61. The van der Waals surface area contributed by atoms with Gasteiger partial charge in [0.1, 0.15) is 12.9 Å². The smallest absolute Gasteiger partial charge is 0.249 e. The molecule has 2 fully saturated rings. The minimum absolute atomic E-state index is 0.123. The molecule has 23 heavy (non-hydrogen) atoms. The summed E-state index contributed by atoms with van der Waals surface area (Å²) in [5.74, 6) is 0.126. The first-order chi connectivity index (χ1) is 11.3. The number of aryl methyl sites for hydroxylation is 1. The third kappa shape index (κ3) is 2.82. The Kier molecular flexibility index (Phi) is 3.97. The maximum absolute atomic E-state index is 11.9. The number of aromatic nitrogens is 3. The van der Waals surface area contributed by atoms with Crippen molar-refractivity contribution in [1.82, 2.24) is 24.8 Å². The second-order valence-electron chi connectivity index (χ2n) is 6.16. The van der Waals surface area contributed by atoms with Gasteiger partial charge in [0.05, 0.1) is 12.1 Å². The molecular weight excluding hydrogens is 294 g/mol. The predicted molar refractivity (Wildman–Crippen MR) is 84.0 cm³/mol. The molecule has 4 rings (SSSR count). The van der Waals surface area contributed by atoms with Gasteiger partial charge in [0, 0.05) is 25.8 Å². The standard InChI is InChI=1S/C16H21N5O2/c22-15-10-23-14(13-9-17-6-8-20(13)15)5-1-3-12-4-2-7-21-16(12)18-11-19-21/h2,4,7,11,13-14,17H,1,3,5-6,8-10H2. The molecule has 2 aromatic rings. The molecule has 2 aliphatic rings. The van der Waals surface area contributed by atoms with Crippen LogP contribution in [0.3, 0.4) is 0 Å². The monoisotopic (exact) mass is 315 g/mol. The average Bonchev–Trinajstić information content (AvgIpc) is 3.07. The molecule has 122 valence electrons. The van der Waals surface area contributed by atoms with Gasteiger partial charge in [-0.15, -0.1) is 0 Å². The van der Waals surface area contributed by atoms with Crippen molar-refractivity contribution in [3.8, 4) is 0 Å². The highest BCUT2D eigenvalue weighted by Gasteiger charge is 2.37. The number of hydrogen-bond donors (Lipinski definition) is 1. The number of pyridine rings is 1. The van der Waals surface area contributed by atoms with Crippen LogP contribution < -0.4 is 5.32 Å². The molecule has 7 heteroatoms. The van der Waals surface area contributed by atoms with Crippen LogP contribution in [0.4, 0.5) is 0 Å². The largest absolute Gasteiger partial charge is 0.366 e. The zero-order valence-corrected chi connectivity index (χ0v) is 13.0. The first-order valence-electron chi connectivity index (χ1n) is 8.22. The van der Waals surface area contributed by atoms with Crippen LogP contribution in [0.1, 0.15) is 18.4 Å². The van der Waals surface area contributed by atoms with Gasteiger partial charge in [0.25, 0.3) is 0 Å². The lowest BCUT2D eigenvalue weighted by Gasteiger charge is -2.44. The number of hydrogen-bond acceptors (Lipinski definition) is 5. The average molecular weight is 315 g/mol. The van der Waals surface area contributed by atoms with Crippen molar-refractivity contribution in [2.75, 3.05) is 26.2 Å². The van der Waals surface area contributed by atoms with Crippen molar-refractivity contribution in [1.29, 1.82) is 0 Å². The van der Waals surface area contributed by atoms with E-state index in [2.05, 4.69) is 21.5 Å². The molecule has 0 aliphatic carbocycles. The second-order valence-corrected chi connectivity index (χ2v) is 6.16. The molecule has 2 saturated heterocycles. The molecule has 4 heterocycles. The van der Waals surface area contributed by atoms with E-state index in [1.807, 2.05) is 17.2 Å². The van der Waals surface area contributed by atoms with Crippen molar-refractivity contribution >= 4 is 11.6 Å². The SMILES string of the molecule is O=C1COC(CCCc2cccn3ncnc23)C2CNCCN12. The van der Waals surface area contributed by atoms with Gasteiger partial charge in [-0.2, -0.15) is 5.10 Å². The third-order valence-electron chi connectivity index (χ3n) is 4.77. The molecule has 0 bridgehead atoms. The summed E-state index contributed by atoms with van der Waals surface area (Å²) in [7, 11) is 0. The van der Waals surface area contributed by atoms with Crippen LogP contribution >= 0.6 is 0 Å². The Morgan fingerprint density at radius 1 is 1.43 bits per heavy atom. The van der Waals surface area contributed by atoms with Crippen LogP contribution in [-0.4, -0.2) is 63.8 Å². The van der Waals surface area contributed by atoms with E-state index < -0.39 is 0 Å². The number of piperazine rings is 1. The Hall–Kier alpha value is -1.99. The summed E-state index contributed by atoms with van der Waals surface area (Å²) in [6.45, 7) is 2.73. The number of carbonyl (C=O) groups excluding carboxylic acids is 1. The van der Waals surface area contributed by atoms with E-state index in [1.165, 1.54) is 5.56 Å². The lowest BCUT2D eigenvalue weighted by Crippen LogP contribution is -2.62. The van der Waals surface area contributed by atoms with Crippen molar-refractivity contribution in [2.45, 2.75) is 31.4 Å². The van der Waals surface area contributed by atoms with Crippen LogP contribution in [-0.2, 0) is 16.0 Å². The highest BCUT2D eigenvalue weighted by Crippen LogP contribution is 2.22. The number of ether oxygens (including phenoxy) is 1. The van der Waals surface area contributed by atoms with Gasteiger partial charge in [-0.1, -0.05) is 6.07 Å². The molecule has 0 spiro atoms. The summed E-state index contributed by atoms with van der Waals surface area (Å²) in [5.41, 5.74) is 2.13. The fourth-order valence-corrected chi connectivity index (χ4v) is 3.61. The summed E-state index contributed by atoms with van der Waals surface area (Å²) in [4.78, 5) is 18.2. The lowest BCUT2D eigenvalue weighted by molar-refractivity contribution is -0.159. The third-order valence-corrected chi connectivity index (χ3v) is 4.77. The quantitative estimate of drug-likeness (QED) is 0.876. The Bertz CT molecular complexity index is 701. The van der Waals surface area contributed by atoms with Gasteiger partial charge < -0.3 is 15.0 Å². The van der Waals surface area contributed by atoms with Crippen LogP contribution in [0.5, 0.6) is 0 Å². The molecule has 1 amide bonds. The van der Waals surface area contributed by atoms with Gasteiger partial charge in [-0.3, -0.25) is 4.79 Å². The second kappa shape index (κ2) is 6.25. The Balaban J connectivity index is 1.39. The van der Waals surface area contributed by atoms with Gasteiger partial charge in [-0.25, -0.2) is 9.50 Å². The number of carbonyl (C=O) groups is 1. The van der Waals surface area contributed by atoms with E-state index in [-0.39, 0.29) is 24.7 Å². The molecule has 1 N–H and O–H groups in total. The molecule has 2 aromatic heterocycles. The van der Waals surface area contributed by atoms with E-state index in [1.54, 1.807) is 10.8 Å². The summed E-state index contributed by atoms with van der Waals surface area (Å²) in [5, 5.41) is 7.54. The molecule has 0 radical (unpaired) electrons. The number of nitrogens with one attached hydrogen (secondary N) is 1. The van der Waals surface area contributed by atoms with Crippen molar-refractivity contribution in [3.05, 3.63) is 30.2 Å². The van der Waals surface area contributed by atoms with Gasteiger partial charge in [-0.05, 0) is 30.9 Å². The zero-order chi connectivity index (χ0) is 15.6. The van der Waals surface area contributed by atoms with Crippen molar-refractivity contribution in [3.63, 3.8) is 0 Å². The lowest BCUT2D eigenvalue weighted by atomic mass is 9.98. The minimum Gasteiger partial charge on any atom is -0.366 e. The maximum atomic E-state index is 11.9. The highest BCUT2D eigenvalue weighted by molar-refractivity contribution is 5.78. The molecule has 2 unspecified atom stereocenters. The van der Waals surface area contributed by atoms with Crippen LogP contribution in [0.15, 0.2) is 24.7 Å². The van der Waals surface area contributed by atoms with E-state index in [0.29, 0.717) is 0 Å². The van der Waals surface area contributed by atoms with Gasteiger partial charge >= 0.3 is 0 Å². The van der Waals surface area contributed by atoms with Crippen LogP contribution in [0.2, 0.25) is 0 Å². The zero-order valence-electron chi connectivity index (χ0n) is 13.0. The topological polar surface area (TPSA) is 71.8 Å². The normalized spacial score (nSPS) is 24.9. The van der Waals surface area contributed by atoms with Crippen LogP contribution in [0, 0.1) is 0 Å². The Morgan fingerprint density at radius 3 is 3.35 bits per heavy atom. The summed E-state index contributed by atoms with van der Waals surface area (Å²) in [6.07, 6.45) is 6.52. The Morgan fingerprint density at radius 2 is 2.39 bits per heavy atom. The van der Waals surface area contributed by atoms with Gasteiger partial charge in [0.15, 0.2) is 5.65 Å². The van der Waals surface area contributed by atoms with E-state index in [9.17, 15) is 4.79 Å². The maximum Gasteiger partial charge on any atom is 0.249 e. The highest BCUT2D eigenvalue weighted by atomic mass is 16.5. The van der Waals surface area contributed by atoms with E-state index in [4.69, 9.17) is 4.74 Å². The molecule has 7 nitrogen and oxygen atoms in total. The molecule has 2 aliphatic heterocycles. The van der Waals surface area contributed by atoms with Crippen molar-refractivity contribution < 1.29 is 9.53 Å². The van der Waals surface area contributed by atoms with E-state index in [0.717, 1.165) is 44.5 Å². The summed E-state index contributed by atoms with van der Waals surface area (Å²) in [6, 6.07) is 4.28. The number of rotatable bonds is 4. The number of amides is 1. The fraction of sp³-hybridized carbons (Fsp3) is 0.562. The number of nitrogens with zero attached hydrogens (tertiary/aromatic N) is 4. The first-order valence-corrected chi connectivity index (χ1v) is 8.22. The minimum atomic E-state index is 0.123. The molecule has 0 aromatic carbocycles. The van der Waals surface area contributed by atoms with E-state index >= 15 is 0 Å². The molecule has 2 atom stereocenters. The van der Waals surface area contributed by atoms with Crippen molar-refractivity contribution in [2.24, 2.45) is 0 Å². The van der Waals surface area contributed by atoms with Gasteiger partial charge in [0.2, 0.25) is 5.91 Å². The summed E-state index contributed by atoms with van der Waals surface area (Å²) >= 11 is 0. The predicted octanol–water partition coefficient (Wildman–Crippen LogP) is 0.251. The number of fused-ring (bicyclic) bond motifs is 2. The molecular formula is C16H21N5O2. The summed E-state index contributed by atoms with van der Waals surface area (Å²) < 4.78 is 7.61. The van der Waals surface area contributed by atoms with Crippen LogP contribution in [0.25, 0.3) is 5.65 Å². The first kappa shape index (κ1) is 14.6.